The highest BCUT2D eigenvalue weighted by atomic mass is 15.0. The molecule has 3 unspecified atom stereocenters. The standard InChI is InChI=1S/C14H19N/c1-11(13-5-3-2-4-6-13)14-8-7-12(9-14)10-15-14/h2-6,11-12,15H,7-10H2,1H3. The maximum Gasteiger partial charge on any atom is 0.0250 e. The van der Waals surface area contributed by atoms with E-state index in [9.17, 15) is 0 Å². The Labute approximate surface area is 91.9 Å². The van der Waals surface area contributed by atoms with E-state index in [1.807, 2.05) is 0 Å². The summed E-state index contributed by atoms with van der Waals surface area (Å²) in [7, 11) is 0. The predicted molar refractivity (Wildman–Crippen MR) is 62.9 cm³/mol. The van der Waals surface area contributed by atoms with Crippen molar-refractivity contribution in [2.24, 2.45) is 5.92 Å². The van der Waals surface area contributed by atoms with Gasteiger partial charge in [0.15, 0.2) is 0 Å². The molecule has 0 spiro atoms. The van der Waals surface area contributed by atoms with Gasteiger partial charge in [0, 0.05) is 5.54 Å². The lowest BCUT2D eigenvalue weighted by molar-refractivity contribution is 0.310. The minimum absolute atomic E-state index is 0.423. The highest BCUT2D eigenvalue weighted by Crippen LogP contribution is 2.47. The molecule has 1 nitrogen and oxygen atoms in total. The summed E-state index contributed by atoms with van der Waals surface area (Å²) in [5.41, 5.74) is 1.92. The van der Waals surface area contributed by atoms with Crippen molar-refractivity contribution >= 4 is 0 Å². The third-order valence-corrected chi connectivity index (χ3v) is 4.52. The normalized spacial score (nSPS) is 35.7. The van der Waals surface area contributed by atoms with E-state index >= 15 is 0 Å². The summed E-state index contributed by atoms with van der Waals surface area (Å²) in [6.07, 6.45) is 4.20. The average molecular weight is 201 g/mol. The monoisotopic (exact) mass is 201 g/mol. The second kappa shape index (κ2) is 3.34. The fourth-order valence-electron chi connectivity index (χ4n) is 3.47. The van der Waals surface area contributed by atoms with Crippen molar-refractivity contribution in [3.63, 3.8) is 0 Å². The number of nitrogens with one attached hydrogen (secondary N) is 1. The molecule has 0 aromatic heterocycles. The van der Waals surface area contributed by atoms with Gasteiger partial charge in [-0.1, -0.05) is 37.3 Å². The first-order chi connectivity index (χ1) is 7.30. The second-order valence-electron chi connectivity index (χ2n) is 5.28. The first kappa shape index (κ1) is 9.41. The molecule has 2 aliphatic rings. The Hall–Kier alpha value is -0.820. The van der Waals surface area contributed by atoms with E-state index in [4.69, 9.17) is 0 Å². The van der Waals surface area contributed by atoms with Crippen LogP contribution in [0.25, 0.3) is 0 Å². The molecule has 1 heterocycles. The largest absolute Gasteiger partial charge is 0.310 e. The van der Waals surface area contributed by atoms with Gasteiger partial charge >= 0.3 is 0 Å². The van der Waals surface area contributed by atoms with E-state index in [1.165, 1.54) is 31.4 Å². The van der Waals surface area contributed by atoms with Gasteiger partial charge in [-0.25, -0.2) is 0 Å². The number of hydrogen-bond donors (Lipinski definition) is 1. The summed E-state index contributed by atoms with van der Waals surface area (Å²) in [5, 5.41) is 3.77. The number of hydrogen-bond acceptors (Lipinski definition) is 1. The Morgan fingerprint density at radius 1 is 1.33 bits per heavy atom. The maximum atomic E-state index is 3.77. The van der Waals surface area contributed by atoms with Crippen LogP contribution in [0.5, 0.6) is 0 Å². The van der Waals surface area contributed by atoms with Gasteiger partial charge < -0.3 is 5.32 Å². The van der Waals surface area contributed by atoms with Gasteiger partial charge in [-0.3, -0.25) is 0 Å². The topological polar surface area (TPSA) is 12.0 Å². The molecular weight excluding hydrogens is 182 g/mol. The molecule has 3 rings (SSSR count). The number of rotatable bonds is 2. The van der Waals surface area contributed by atoms with E-state index < -0.39 is 0 Å². The van der Waals surface area contributed by atoms with Crippen molar-refractivity contribution in [2.75, 3.05) is 6.54 Å². The average Bonchev–Trinajstić information content (AvgIpc) is 2.90. The van der Waals surface area contributed by atoms with E-state index in [0.29, 0.717) is 11.5 Å². The van der Waals surface area contributed by atoms with Crippen LogP contribution in [0, 0.1) is 5.92 Å². The third-order valence-electron chi connectivity index (χ3n) is 4.52. The van der Waals surface area contributed by atoms with Gasteiger partial charge in [0.05, 0.1) is 0 Å². The Morgan fingerprint density at radius 3 is 2.67 bits per heavy atom. The zero-order chi connectivity index (χ0) is 10.3. The van der Waals surface area contributed by atoms with Gasteiger partial charge in [-0.2, -0.15) is 0 Å². The van der Waals surface area contributed by atoms with E-state index in [1.54, 1.807) is 0 Å². The zero-order valence-corrected chi connectivity index (χ0v) is 9.37. The molecule has 1 aromatic rings. The molecular formula is C14H19N. The molecule has 1 aromatic carbocycles. The van der Waals surface area contributed by atoms with Crippen molar-refractivity contribution in [3.8, 4) is 0 Å². The minimum atomic E-state index is 0.423. The lowest BCUT2D eigenvalue weighted by atomic mass is 9.80. The summed E-state index contributed by atoms with van der Waals surface area (Å²) in [5.74, 6) is 1.61. The molecule has 2 bridgehead atoms. The number of benzene rings is 1. The molecule has 1 heteroatoms. The van der Waals surface area contributed by atoms with Crippen molar-refractivity contribution in [3.05, 3.63) is 35.9 Å². The van der Waals surface area contributed by atoms with Crippen molar-refractivity contribution in [2.45, 2.75) is 37.6 Å². The van der Waals surface area contributed by atoms with Crippen LogP contribution in [-0.4, -0.2) is 12.1 Å². The predicted octanol–water partition coefficient (Wildman–Crippen LogP) is 2.93. The summed E-state index contributed by atoms with van der Waals surface area (Å²) < 4.78 is 0. The van der Waals surface area contributed by atoms with Gasteiger partial charge in [-0.15, -0.1) is 0 Å². The van der Waals surface area contributed by atoms with Crippen LogP contribution in [0.1, 0.15) is 37.7 Å². The minimum Gasteiger partial charge on any atom is -0.310 e. The van der Waals surface area contributed by atoms with Crippen LogP contribution < -0.4 is 5.32 Å². The fourth-order valence-corrected chi connectivity index (χ4v) is 3.47. The van der Waals surface area contributed by atoms with Crippen molar-refractivity contribution < 1.29 is 0 Å². The van der Waals surface area contributed by atoms with Crippen LogP contribution in [0.3, 0.4) is 0 Å². The number of piperidine rings is 1. The first-order valence-corrected chi connectivity index (χ1v) is 6.10. The molecule has 1 saturated carbocycles. The van der Waals surface area contributed by atoms with E-state index in [0.717, 1.165) is 5.92 Å². The number of fused-ring (bicyclic) bond motifs is 2. The van der Waals surface area contributed by atoms with Crippen LogP contribution in [0.2, 0.25) is 0 Å². The van der Waals surface area contributed by atoms with Crippen molar-refractivity contribution in [1.29, 1.82) is 0 Å². The van der Waals surface area contributed by atoms with Crippen LogP contribution >= 0.6 is 0 Å². The summed E-state index contributed by atoms with van der Waals surface area (Å²) in [6, 6.07) is 11.0. The second-order valence-corrected chi connectivity index (χ2v) is 5.28. The Balaban J connectivity index is 1.88. The summed E-state index contributed by atoms with van der Waals surface area (Å²) in [6.45, 7) is 3.63. The lowest BCUT2D eigenvalue weighted by Crippen LogP contribution is -2.44. The molecule has 3 atom stereocenters. The molecule has 1 aliphatic heterocycles. The lowest BCUT2D eigenvalue weighted by Gasteiger charge is -2.34. The van der Waals surface area contributed by atoms with Gasteiger partial charge in [0.25, 0.3) is 0 Å². The van der Waals surface area contributed by atoms with Gasteiger partial charge in [0.2, 0.25) is 0 Å². The smallest absolute Gasteiger partial charge is 0.0250 e. The van der Waals surface area contributed by atoms with Gasteiger partial charge in [0.1, 0.15) is 0 Å². The highest BCUT2D eigenvalue weighted by Gasteiger charge is 2.48. The third kappa shape index (κ3) is 1.41. The zero-order valence-electron chi connectivity index (χ0n) is 9.37. The Morgan fingerprint density at radius 2 is 2.13 bits per heavy atom. The van der Waals surface area contributed by atoms with Crippen molar-refractivity contribution in [1.82, 2.24) is 5.32 Å². The Kier molecular flexibility index (Phi) is 2.10. The molecule has 1 N–H and O–H groups in total. The molecule has 2 fully saturated rings. The first-order valence-electron chi connectivity index (χ1n) is 6.10. The quantitative estimate of drug-likeness (QED) is 0.775. The molecule has 0 amide bonds. The molecule has 15 heavy (non-hydrogen) atoms. The fraction of sp³-hybridized carbons (Fsp3) is 0.571. The van der Waals surface area contributed by atoms with Crippen LogP contribution in [0.15, 0.2) is 30.3 Å². The molecule has 0 radical (unpaired) electrons. The maximum absolute atomic E-state index is 3.77. The highest BCUT2D eigenvalue weighted by molar-refractivity contribution is 5.25. The van der Waals surface area contributed by atoms with E-state index in [-0.39, 0.29) is 0 Å². The van der Waals surface area contributed by atoms with E-state index in [2.05, 4.69) is 42.6 Å². The Bertz CT molecular complexity index is 336. The summed E-state index contributed by atoms with van der Waals surface area (Å²) >= 11 is 0. The van der Waals surface area contributed by atoms with Crippen LogP contribution in [0.4, 0.5) is 0 Å². The summed E-state index contributed by atoms with van der Waals surface area (Å²) in [4.78, 5) is 0. The molecule has 1 aliphatic carbocycles. The molecule has 1 saturated heterocycles. The van der Waals surface area contributed by atoms with Crippen LogP contribution in [-0.2, 0) is 0 Å². The molecule has 80 valence electrons. The SMILES string of the molecule is CC(c1ccccc1)C12CCC(CN1)C2. The van der Waals surface area contributed by atoms with Gasteiger partial charge in [-0.05, 0) is 43.2 Å².